The van der Waals surface area contributed by atoms with Gasteiger partial charge >= 0.3 is 0 Å². The van der Waals surface area contributed by atoms with Gasteiger partial charge in [0.1, 0.15) is 11.5 Å². The third-order valence-electron chi connectivity index (χ3n) is 2.56. The Morgan fingerprint density at radius 2 is 1.94 bits per heavy atom. The standard InChI is InChI=1S/C15H15NO2/c1-11-5-3-4-6-14(11)16-15(17)10-9-13-8-7-12(2)18-13/h3-10H,1-2H3,(H,16,17)/b10-9+. The van der Waals surface area contributed by atoms with Crippen LogP contribution in [0.5, 0.6) is 0 Å². The van der Waals surface area contributed by atoms with Gasteiger partial charge in [-0.3, -0.25) is 4.79 Å². The van der Waals surface area contributed by atoms with Crippen molar-refractivity contribution in [2.24, 2.45) is 0 Å². The van der Waals surface area contributed by atoms with Gasteiger partial charge < -0.3 is 9.73 Å². The second kappa shape index (κ2) is 5.36. The van der Waals surface area contributed by atoms with E-state index < -0.39 is 0 Å². The first-order chi connectivity index (χ1) is 8.65. The Bertz CT molecular complexity index is 582. The normalized spacial score (nSPS) is 10.8. The molecule has 0 fully saturated rings. The van der Waals surface area contributed by atoms with Gasteiger partial charge in [-0.15, -0.1) is 0 Å². The molecule has 1 aromatic heterocycles. The zero-order valence-electron chi connectivity index (χ0n) is 10.4. The highest BCUT2D eigenvalue weighted by molar-refractivity contribution is 6.02. The molecule has 2 aromatic rings. The molecule has 0 aliphatic carbocycles. The number of carbonyl (C=O) groups excluding carboxylic acids is 1. The van der Waals surface area contributed by atoms with Crippen LogP contribution in [0.25, 0.3) is 6.08 Å². The second-order valence-electron chi connectivity index (χ2n) is 4.09. The minimum absolute atomic E-state index is 0.168. The SMILES string of the molecule is Cc1ccc(/C=C/C(=O)Nc2ccccc2C)o1. The third kappa shape index (κ3) is 3.10. The Kier molecular flexibility index (Phi) is 3.63. The highest BCUT2D eigenvalue weighted by atomic mass is 16.3. The fraction of sp³-hybridized carbons (Fsp3) is 0.133. The van der Waals surface area contributed by atoms with Crippen molar-refractivity contribution in [2.45, 2.75) is 13.8 Å². The maximum Gasteiger partial charge on any atom is 0.248 e. The summed E-state index contributed by atoms with van der Waals surface area (Å²) in [6.45, 7) is 3.82. The Morgan fingerprint density at radius 3 is 2.61 bits per heavy atom. The summed E-state index contributed by atoms with van der Waals surface area (Å²) in [6.07, 6.45) is 3.12. The van der Waals surface area contributed by atoms with E-state index in [-0.39, 0.29) is 5.91 Å². The molecule has 2 rings (SSSR count). The van der Waals surface area contributed by atoms with Crippen molar-refractivity contribution in [3.05, 3.63) is 59.6 Å². The molecule has 0 unspecified atom stereocenters. The van der Waals surface area contributed by atoms with E-state index in [1.165, 1.54) is 6.08 Å². The molecule has 0 aliphatic rings. The fourth-order valence-electron chi connectivity index (χ4n) is 1.59. The molecule has 3 heteroatoms. The number of furan rings is 1. The van der Waals surface area contributed by atoms with Crippen LogP contribution in [0.4, 0.5) is 5.69 Å². The molecule has 1 aromatic carbocycles. The van der Waals surface area contributed by atoms with Crippen molar-refractivity contribution in [1.82, 2.24) is 0 Å². The van der Waals surface area contributed by atoms with Crippen LogP contribution in [-0.2, 0) is 4.79 Å². The Hall–Kier alpha value is -2.29. The maximum absolute atomic E-state index is 11.7. The number of amides is 1. The van der Waals surface area contributed by atoms with Gasteiger partial charge in [0, 0.05) is 11.8 Å². The molecule has 18 heavy (non-hydrogen) atoms. The first kappa shape index (κ1) is 12.2. The van der Waals surface area contributed by atoms with Gasteiger partial charge in [0.15, 0.2) is 0 Å². The van der Waals surface area contributed by atoms with Crippen LogP contribution in [0.3, 0.4) is 0 Å². The van der Waals surface area contributed by atoms with Crippen molar-refractivity contribution in [3.63, 3.8) is 0 Å². The summed E-state index contributed by atoms with van der Waals surface area (Å²) in [5, 5.41) is 2.82. The van der Waals surface area contributed by atoms with Crippen molar-refractivity contribution in [1.29, 1.82) is 0 Å². The van der Waals surface area contributed by atoms with Crippen LogP contribution in [0.15, 0.2) is 46.9 Å². The lowest BCUT2D eigenvalue weighted by Crippen LogP contribution is -2.08. The molecule has 0 saturated heterocycles. The van der Waals surface area contributed by atoms with Gasteiger partial charge in [-0.1, -0.05) is 18.2 Å². The summed E-state index contributed by atoms with van der Waals surface area (Å²) in [7, 11) is 0. The van der Waals surface area contributed by atoms with Crippen LogP contribution in [0, 0.1) is 13.8 Å². The Balaban J connectivity index is 2.01. The summed E-state index contributed by atoms with van der Waals surface area (Å²) < 4.78 is 5.34. The van der Waals surface area contributed by atoms with E-state index in [1.54, 1.807) is 6.08 Å². The lowest BCUT2D eigenvalue weighted by Gasteiger charge is -2.04. The second-order valence-corrected chi connectivity index (χ2v) is 4.09. The molecule has 0 spiro atoms. The molecule has 3 nitrogen and oxygen atoms in total. The highest BCUT2D eigenvalue weighted by Gasteiger charge is 2.00. The smallest absolute Gasteiger partial charge is 0.248 e. The number of hydrogen-bond donors (Lipinski definition) is 1. The number of rotatable bonds is 3. The molecule has 0 radical (unpaired) electrons. The molecule has 0 atom stereocenters. The average Bonchev–Trinajstić information content (AvgIpc) is 2.76. The number of para-hydroxylation sites is 1. The van der Waals surface area contributed by atoms with Gasteiger partial charge in [0.2, 0.25) is 5.91 Å². The molecule has 1 heterocycles. The zero-order valence-corrected chi connectivity index (χ0v) is 10.4. The fourth-order valence-corrected chi connectivity index (χ4v) is 1.59. The van der Waals surface area contributed by atoms with Crippen molar-refractivity contribution in [2.75, 3.05) is 5.32 Å². The first-order valence-corrected chi connectivity index (χ1v) is 5.76. The van der Waals surface area contributed by atoms with Crippen LogP contribution < -0.4 is 5.32 Å². The number of benzene rings is 1. The summed E-state index contributed by atoms with van der Waals surface area (Å²) in [4.78, 5) is 11.7. The van der Waals surface area contributed by atoms with Crippen molar-refractivity contribution < 1.29 is 9.21 Å². The number of nitrogens with one attached hydrogen (secondary N) is 1. The highest BCUT2D eigenvalue weighted by Crippen LogP contribution is 2.13. The van der Waals surface area contributed by atoms with E-state index in [4.69, 9.17) is 4.42 Å². The van der Waals surface area contributed by atoms with Crippen LogP contribution in [0.1, 0.15) is 17.1 Å². The molecular weight excluding hydrogens is 226 g/mol. The number of aryl methyl sites for hydroxylation is 2. The Morgan fingerprint density at radius 1 is 1.17 bits per heavy atom. The molecule has 1 amide bonds. The quantitative estimate of drug-likeness (QED) is 0.835. The summed E-state index contributed by atoms with van der Waals surface area (Å²) in [5.74, 6) is 1.33. The monoisotopic (exact) mass is 241 g/mol. The van der Waals surface area contributed by atoms with Crippen molar-refractivity contribution in [3.8, 4) is 0 Å². The van der Waals surface area contributed by atoms with E-state index in [0.29, 0.717) is 5.76 Å². The lowest BCUT2D eigenvalue weighted by molar-refractivity contribution is -0.111. The van der Waals surface area contributed by atoms with E-state index in [2.05, 4.69) is 5.32 Å². The number of anilines is 1. The molecule has 92 valence electrons. The lowest BCUT2D eigenvalue weighted by atomic mass is 10.2. The van der Waals surface area contributed by atoms with Gasteiger partial charge in [-0.2, -0.15) is 0 Å². The zero-order chi connectivity index (χ0) is 13.0. The predicted octanol–water partition coefficient (Wildman–Crippen LogP) is 3.55. The third-order valence-corrected chi connectivity index (χ3v) is 2.56. The predicted molar refractivity (Wildman–Crippen MR) is 72.3 cm³/mol. The number of hydrogen-bond acceptors (Lipinski definition) is 2. The molecule has 0 bridgehead atoms. The van der Waals surface area contributed by atoms with E-state index >= 15 is 0 Å². The van der Waals surface area contributed by atoms with Gasteiger partial charge in [0.05, 0.1) is 0 Å². The summed E-state index contributed by atoms with van der Waals surface area (Å²) in [6, 6.07) is 11.3. The molecule has 0 saturated carbocycles. The average molecular weight is 241 g/mol. The number of carbonyl (C=O) groups is 1. The van der Waals surface area contributed by atoms with Crippen LogP contribution in [-0.4, -0.2) is 5.91 Å². The van der Waals surface area contributed by atoms with E-state index in [0.717, 1.165) is 17.0 Å². The summed E-state index contributed by atoms with van der Waals surface area (Å²) >= 11 is 0. The molecular formula is C15H15NO2. The topological polar surface area (TPSA) is 42.2 Å². The van der Waals surface area contributed by atoms with E-state index in [1.807, 2.05) is 50.2 Å². The summed E-state index contributed by atoms with van der Waals surface area (Å²) in [5.41, 5.74) is 1.86. The largest absolute Gasteiger partial charge is 0.462 e. The van der Waals surface area contributed by atoms with Crippen LogP contribution >= 0.6 is 0 Å². The van der Waals surface area contributed by atoms with Gasteiger partial charge in [0.25, 0.3) is 0 Å². The first-order valence-electron chi connectivity index (χ1n) is 5.76. The maximum atomic E-state index is 11.7. The molecule has 0 aliphatic heterocycles. The van der Waals surface area contributed by atoms with Crippen LogP contribution in [0.2, 0.25) is 0 Å². The van der Waals surface area contributed by atoms with Gasteiger partial charge in [-0.05, 0) is 43.7 Å². The minimum atomic E-state index is -0.168. The Labute approximate surface area is 106 Å². The molecule has 1 N–H and O–H groups in total. The minimum Gasteiger partial charge on any atom is -0.462 e. The van der Waals surface area contributed by atoms with Crippen molar-refractivity contribution >= 4 is 17.7 Å². The van der Waals surface area contributed by atoms with E-state index in [9.17, 15) is 4.79 Å². The van der Waals surface area contributed by atoms with Gasteiger partial charge in [-0.25, -0.2) is 0 Å².